The molecule has 4 aromatic rings. The van der Waals surface area contributed by atoms with Crippen LogP contribution in [0.1, 0.15) is 0 Å². The van der Waals surface area contributed by atoms with Gasteiger partial charge in [-0.2, -0.15) is 13.8 Å². The van der Waals surface area contributed by atoms with Gasteiger partial charge in [0.25, 0.3) is 5.78 Å². The molecule has 1 saturated heterocycles. The summed E-state index contributed by atoms with van der Waals surface area (Å²) in [5.41, 5.74) is 1.55. The topological polar surface area (TPSA) is 83.7 Å². The van der Waals surface area contributed by atoms with Crippen LogP contribution >= 0.6 is 23.2 Å². The van der Waals surface area contributed by atoms with Gasteiger partial charge >= 0.3 is 0 Å². The van der Waals surface area contributed by atoms with Gasteiger partial charge in [0.15, 0.2) is 0 Å². The third-order valence-corrected chi connectivity index (χ3v) is 8.03. The number of piperazine rings is 1. The Kier molecular flexibility index (Phi) is 5.69. The van der Waals surface area contributed by atoms with Crippen LogP contribution in [0.25, 0.3) is 17.0 Å². The Morgan fingerprint density at radius 3 is 2.45 bits per heavy atom. The Balaban J connectivity index is 1.39. The average molecular weight is 507 g/mol. The van der Waals surface area contributed by atoms with Crippen LogP contribution in [0.5, 0.6) is 0 Å². The van der Waals surface area contributed by atoms with E-state index < -0.39 is 15.8 Å². The van der Waals surface area contributed by atoms with Crippen molar-refractivity contribution in [2.24, 2.45) is 0 Å². The molecule has 1 aliphatic heterocycles. The summed E-state index contributed by atoms with van der Waals surface area (Å²) in [7, 11) is -3.78. The van der Waals surface area contributed by atoms with Gasteiger partial charge in [-0.1, -0.05) is 35.3 Å². The average Bonchev–Trinajstić information content (AvgIpc) is 3.25. The molecule has 2 aromatic heterocycles. The lowest BCUT2D eigenvalue weighted by Gasteiger charge is -2.33. The highest BCUT2D eigenvalue weighted by molar-refractivity contribution is 7.89. The summed E-state index contributed by atoms with van der Waals surface area (Å²) in [6.07, 6.45) is 1.63. The van der Waals surface area contributed by atoms with Gasteiger partial charge in [0.05, 0.1) is 20.6 Å². The fourth-order valence-electron chi connectivity index (χ4n) is 3.70. The first-order valence-electron chi connectivity index (χ1n) is 10.0. The molecule has 1 aliphatic rings. The smallest absolute Gasteiger partial charge is 0.254 e. The molecule has 1 fully saturated rings. The zero-order valence-corrected chi connectivity index (χ0v) is 19.4. The first kappa shape index (κ1) is 22.0. The number of benzene rings is 2. The van der Waals surface area contributed by atoms with Crippen LogP contribution in [0.2, 0.25) is 10.0 Å². The van der Waals surface area contributed by atoms with Crippen LogP contribution in [-0.4, -0.2) is 58.5 Å². The minimum Gasteiger partial charge on any atom is -0.337 e. The van der Waals surface area contributed by atoms with Gasteiger partial charge in [-0.15, -0.1) is 5.10 Å². The second-order valence-electron chi connectivity index (χ2n) is 7.43. The molecule has 8 nitrogen and oxygen atoms in total. The van der Waals surface area contributed by atoms with E-state index in [9.17, 15) is 12.8 Å². The van der Waals surface area contributed by atoms with Crippen molar-refractivity contribution in [3.05, 3.63) is 70.6 Å². The van der Waals surface area contributed by atoms with E-state index in [4.69, 9.17) is 23.2 Å². The number of hydrogen-bond acceptors (Lipinski definition) is 6. The predicted molar refractivity (Wildman–Crippen MR) is 124 cm³/mol. The summed E-state index contributed by atoms with van der Waals surface area (Å²) in [6.45, 7) is 1.21. The maximum absolute atomic E-state index is 13.5. The van der Waals surface area contributed by atoms with E-state index in [-0.39, 0.29) is 18.0 Å². The molecule has 12 heteroatoms. The van der Waals surface area contributed by atoms with E-state index in [1.54, 1.807) is 28.9 Å². The van der Waals surface area contributed by atoms with Crippen LogP contribution in [0.3, 0.4) is 0 Å². The van der Waals surface area contributed by atoms with Crippen molar-refractivity contribution in [2.45, 2.75) is 4.90 Å². The quantitative estimate of drug-likeness (QED) is 0.419. The summed E-state index contributed by atoms with van der Waals surface area (Å²) in [4.78, 5) is 10.6. The van der Waals surface area contributed by atoms with Crippen molar-refractivity contribution in [3.63, 3.8) is 0 Å². The lowest BCUT2D eigenvalue weighted by molar-refractivity contribution is 0.382. The highest BCUT2D eigenvalue weighted by Gasteiger charge is 2.30. The van der Waals surface area contributed by atoms with Gasteiger partial charge in [0.2, 0.25) is 16.0 Å². The highest BCUT2D eigenvalue weighted by Crippen LogP contribution is 2.29. The molecule has 0 radical (unpaired) electrons. The maximum atomic E-state index is 13.5. The maximum Gasteiger partial charge on any atom is 0.254 e. The standard InChI is InChI=1S/C21H17Cl2FN6O2S/c22-17-5-4-14(12-18(17)23)19-6-7-25-20-26-21(27-30(19)20)28-8-10-29(11-9-28)33(31,32)16-3-1-2-15(24)13-16/h1-7,12-13H,8-11H2. The second-order valence-corrected chi connectivity index (χ2v) is 10.2. The van der Waals surface area contributed by atoms with Crippen molar-refractivity contribution in [1.29, 1.82) is 0 Å². The summed E-state index contributed by atoms with van der Waals surface area (Å²) in [5, 5.41) is 5.48. The number of sulfonamides is 1. The van der Waals surface area contributed by atoms with Gasteiger partial charge in [0.1, 0.15) is 5.82 Å². The van der Waals surface area contributed by atoms with E-state index in [1.807, 2.05) is 11.0 Å². The van der Waals surface area contributed by atoms with E-state index in [1.165, 1.54) is 22.5 Å². The number of nitrogens with zero attached hydrogens (tertiary/aromatic N) is 6. The van der Waals surface area contributed by atoms with Crippen LogP contribution in [-0.2, 0) is 10.0 Å². The second kappa shape index (κ2) is 8.53. The zero-order valence-electron chi connectivity index (χ0n) is 17.1. The van der Waals surface area contributed by atoms with Crippen LogP contribution in [0.4, 0.5) is 10.3 Å². The number of fused-ring (bicyclic) bond motifs is 1. The number of hydrogen-bond donors (Lipinski definition) is 0. The molecule has 0 unspecified atom stereocenters. The monoisotopic (exact) mass is 506 g/mol. The zero-order chi connectivity index (χ0) is 23.2. The van der Waals surface area contributed by atoms with Crippen molar-refractivity contribution < 1.29 is 12.8 Å². The SMILES string of the molecule is O=S(=O)(c1cccc(F)c1)N1CCN(c2nc3nccc(-c4ccc(Cl)c(Cl)c4)n3n2)CC1. The van der Waals surface area contributed by atoms with Crippen molar-refractivity contribution in [2.75, 3.05) is 31.1 Å². The summed E-state index contributed by atoms with van der Waals surface area (Å²) in [6, 6.07) is 12.1. The molecule has 3 heterocycles. The number of aromatic nitrogens is 4. The Hall–Kier alpha value is -2.79. The molecular weight excluding hydrogens is 490 g/mol. The van der Waals surface area contributed by atoms with Gasteiger partial charge in [0, 0.05) is 37.9 Å². The molecule has 0 atom stereocenters. The van der Waals surface area contributed by atoms with Crippen LogP contribution in [0, 0.1) is 5.82 Å². The normalized spacial score (nSPS) is 15.3. The molecule has 0 saturated carbocycles. The molecule has 0 spiro atoms. The fraction of sp³-hybridized carbons (Fsp3) is 0.190. The van der Waals surface area contributed by atoms with E-state index in [0.717, 1.165) is 17.3 Å². The third kappa shape index (κ3) is 4.15. The van der Waals surface area contributed by atoms with Gasteiger partial charge in [-0.3, -0.25) is 0 Å². The van der Waals surface area contributed by atoms with Crippen molar-refractivity contribution in [1.82, 2.24) is 23.9 Å². The van der Waals surface area contributed by atoms with Gasteiger partial charge < -0.3 is 4.90 Å². The largest absolute Gasteiger partial charge is 0.337 e. The summed E-state index contributed by atoms with van der Waals surface area (Å²) >= 11 is 12.2. The van der Waals surface area contributed by atoms with Crippen molar-refractivity contribution >= 4 is 45.0 Å². The molecule has 0 amide bonds. The summed E-state index contributed by atoms with van der Waals surface area (Å²) in [5.74, 6) is 0.259. The van der Waals surface area contributed by atoms with Crippen LogP contribution in [0.15, 0.2) is 59.6 Å². The predicted octanol–water partition coefficient (Wildman–Crippen LogP) is 3.75. The molecule has 0 bridgehead atoms. The minimum absolute atomic E-state index is 0.0581. The Morgan fingerprint density at radius 2 is 1.73 bits per heavy atom. The van der Waals surface area contributed by atoms with E-state index in [0.29, 0.717) is 34.9 Å². The lowest BCUT2D eigenvalue weighted by Crippen LogP contribution is -2.49. The first-order chi connectivity index (χ1) is 15.8. The fourth-order valence-corrected chi connectivity index (χ4v) is 5.45. The molecule has 5 rings (SSSR count). The molecule has 2 aromatic carbocycles. The van der Waals surface area contributed by atoms with Crippen LogP contribution < -0.4 is 4.90 Å². The number of halogens is 3. The number of anilines is 1. The van der Waals surface area contributed by atoms with E-state index >= 15 is 0 Å². The minimum atomic E-state index is -3.78. The molecule has 0 aliphatic carbocycles. The molecular formula is C21H17Cl2FN6O2S. The van der Waals surface area contributed by atoms with Gasteiger partial charge in [-0.05, 0) is 36.4 Å². The number of rotatable bonds is 4. The van der Waals surface area contributed by atoms with E-state index in [2.05, 4.69) is 15.1 Å². The van der Waals surface area contributed by atoms with Crippen molar-refractivity contribution in [3.8, 4) is 11.3 Å². The molecule has 0 N–H and O–H groups in total. The molecule has 170 valence electrons. The Bertz CT molecular complexity index is 1450. The summed E-state index contributed by atoms with van der Waals surface area (Å²) < 4.78 is 42.2. The third-order valence-electron chi connectivity index (χ3n) is 5.40. The highest BCUT2D eigenvalue weighted by atomic mass is 35.5. The molecule has 33 heavy (non-hydrogen) atoms. The first-order valence-corrected chi connectivity index (χ1v) is 12.2. The Labute approximate surface area is 199 Å². The lowest BCUT2D eigenvalue weighted by atomic mass is 10.1. The Morgan fingerprint density at radius 1 is 0.939 bits per heavy atom. The van der Waals surface area contributed by atoms with Gasteiger partial charge in [-0.25, -0.2) is 17.8 Å².